The molecule has 0 bridgehead atoms. The Balaban J connectivity index is 1.39. The average molecular weight is 423 g/mol. The molecule has 3 aromatic rings. The largest absolute Gasteiger partial charge is 0.381 e. The normalized spacial score (nSPS) is 16.4. The molecule has 2 aromatic carbocycles. The lowest BCUT2D eigenvalue weighted by molar-refractivity contribution is 0.0512. The molecule has 0 amide bonds. The topological polar surface area (TPSA) is 61.4 Å². The molecule has 5 nitrogen and oxygen atoms in total. The molecule has 31 heavy (non-hydrogen) atoms. The van der Waals surface area contributed by atoms with E-state index < -0.39 is 0 Å². The van der Waals surface area contributed by atoms with Crippen LogP contribution in [0.3, 0.4) is 0 Å². The van der Waals surface area contributed by atoms with E-state index in [9.17, 15) is 4.39 Å². The first kappa shape index (κ1) is 21.4. The van der Waals surface area contributed by atoms with Gasteiger partial charge in [0, 0.05) is 55.9 Å². The molecular formula is C25H31FN4O. The van der Waals surface area contributed by atoms with E-state index in [-0.39, 0.29) is 11.2 Å². The van der Waals surface area contributed by atoms with E-state index in [1.165, 1.54) is 17.2 Å². The SMILES string of the molecule is CN=C(NCCc1c[nH]c2ccc(F)cc12)NCC1(c2ccccc2C)CCOCC1. The van der Waals surface area contributed by atoms with E-state index in [1.807, 2.05) is 6.20 Å². The Hall–Kier alpha value is -2.86. The van der Waals surface area contributed by atoms with Crippen molar-refractivity contribution in [2.75, 3.05) is 33.4 Å². The van der Waals surface area contributed by atoms with Crippen LogP contribution < -0.4 is 10.6 Å². The molecule has 4 rings (SSSR count). The van der Waals surface area contributed by atoms with Gasteiger partial charge in [0.15, 0.2) is 5.96 Å². The van der Waals surface area contributed by atoms with Gasteiger partial charge >= 0.3 is 0 Å². The summed E-state index contributed by atoms with van der Waals surface area (Å²) in [7, 11) is 1.79. The number of nitrogens with one attached hydrogen (secondary N) is 3. The molecule has 0 saturated carbocycles. The molecular weight excluding hydrogens is 391 g/mol. The minimum atomic E-state index is -0.211. The fourth-order valence-electron chi connectivity index (χ4n) is 4.62. The zero-order valence-electron chi connectivity index (χ0n) is 18.3. The molecule has 0 aliphatic carbocycles. The Morgan fingerprint density at radius 1 is 1.16 bits per heavy atom. The van der Waals surface area contributed by atoms with Crippen molar-refractivity contribution >= 4 is 16.9 Å². The highest BCUT2D eigenvalue weighted by atomic mass is 19.1. The van der Waals surface area contributed by atoms with Crippen molar-refractivity contribution < 1.29 is 9.13 Å². The first-order valence-corrected chi connectivity index (χ1v) is 11.0. The highest BCUT2D eigenvalue weighted by Crippen LogP contribution is 2.36. The van der Waals surface area contributed by atoms with Gasteiger partial charge in [-0.15, -0.1) is 0 Å². The predicted octanol–water partition coefficient (Wildman–Crippen LogP) is 4.07. The van der Waals surface area contributed by atoms with Gasteiger partial charge in [-0.2, -0.15) is 0 Å². The highest BCUT2D eigenvalue weighted by molar-refractivity contribution is 5.83. The van der Waals surface area contributed by atoms with Crippen LogP contribution in [0.15, 0.2) is 53.7 Å². The number of rotatable bonds is 6. The van der Waals surface area contributed by atoms with Crippen molar-refractivity contribution in [1.82, 2.24) is 15.6 Å². The van der Waals surface area contributed by atoms with Gasteiger partial charge in [0.1, 0.15) is 5.82 Å². The second-order valence-electron chi connectivity index (χ2n) is 8.31. The van der Waals surface area contributed by atoms with E-state index in [2.05, 4.69) is 51.8 Å². The Morgan fingerprint density at radius 2 is 1.97 bits per heavy atom. The first-order valence-electron chi connectivity index (χ1n) is 11.0. The Bertz CT molecular complexity index is 1050. The van der Waals surface area contributed by atoms with E-state index in [4.69, 9.17) is 4.74 Å². The van der Waals surface area contributed by atoms with Crippen LogP contribution in [0, 0.1) is 12.7 Å². The number of aliphatic imine (C=N–C) groups is 1. The molecule has 164 valence electrons. The number of hydrogen-bond acceptors (Lipinski definition) is 2. The highest BCUT2D eigenvalue weighted by Gasteiger charge is 2.35. The third-order valence-electron chi connectivity index (χ3n) is 6.40. The molecule has 0 spiro atoms. The summed E-state index contributed by atoms with van der Waals surface area (Å²) in [6.07, 6.45) is 4.71. The fourth-order valence-corrected chi connectivity index (χ4v) is 4.62. The number of fused-ring (bicyclic) bond motifs is 1. The third kappa shape index (κ3) is 4.74. The van der Waals surface area contributed by atoms with Crippen molar-refractivity contribution in [1.29, 1.82) is 0 Å². The maximum absolute atomic E-state index is 13.6. The minimum absolute atomic E-state index is 0.0373. The average Bonchev–Trinajstić information content (AvgIpc) is 3.19. The standard InChI is InChI=1S/C25H31FN4O/c1-18-5-3-4-6-22(18)25(10-13-31-14-11-25)17-30-24(27-2)28-12-9-19-16-29-23-8-7-20(26)15-21(19)23/h3-8,15-16,29H,9-14,17H2,1-2H3,(H2,27,28,30). The van der Waals surface area contributed by atoms with Crippen LogP contribution in [-0.2, 0) is 16.6 Å². The molecule has 1 aliphatic heterocycles. The summed E-state index contributed by atoms with van der Waals surface area (Å²) in [4.78, 5) is 7.62. The van der Waals surface area contributed by atoms with E-state index >= 15 is 0 Å². The van der Waals surface area contributed by atoms with E-state index in [1.54, 1.807) is 19.2 Å². The van der Waals surface area contributed by atoms with Gasteiger partial charge in [-0.3, -0.25) is 4.99 Å². The van der Waals surface area contributed by atoms with Crippen LogP contribution in [0.25, 0.3) is 10.9 Å². The van der Waals surface area contributed by atoms with Gasteiger partial charge in [0.25, 0.3) is 0 Å². The smallest absolute Gasteiger partial charge is 0.191 e. The van der Waals surface area contributed by atoms with Crippen molar-refractivity contribution in [2.24, 2.45) is 4.99 Å². The first-order chi connectivity index (χ1) is 15.1. The zero-order valence-corrected chi connectivity index (χ0v) is 18.3. The molecule has 1 aromatic heterocycles. The number of aromatic nitrogens is 1. The Kier molecular flexibility index (Phi) is 6.56. The second-order valence-corrected chi connectivity index (χ2v) is 8.31. The number of hydrogen-bond donors (Lipinski definition) is 3. The molecule has 1 aliphatic rings. The predicted molar refractivity (Wildman–Crippen MR) is 124 cm³/mol. The third-order valence-corrected chi connectivity index (χ3v) is 6.40. The van der Waals surface area contributed by atoms with Gasteiger partial charge in [0.05, 0.1) is 0 Å². The number of ether oxygens (including phenoxy) is 1. The zero-order chi connectivity index (χ0) is 21.7. The van der Waals surface area contributed by atoms with Gasteiger partial charge in [-0.05, 0) is 61.1 Å². The molecule has 2 heterocycles. The van der Waals surface area contributed by atoms with E-state index in [0.717, 1.165) is 61.4 Å². The number of aryl methyl sites for hydroxylation is 1. The summed E-state index contributed by atoms with van der Waals surface area (Å²) in [5.74, 6) is 0.572. The lowest BCUT2D eigenvalue weighted by atomic mass is 9.72. The lowest BCUT2D eigenvalue weighted by Gasteiger charge is -2.39. The number of benzene rings is 2. The maximum Gasteiger partial charge on any atom is 0.191 e. The van der Waals surface area contributed by atoms with E-state index in [0.29, 0.717) is 6.54 Å². The van der Waals surface area contributed by atoms with Gasteiger partial charge in [-0.25, -0.2) is 4.39 Å². The van der Waals surface area contributed by atoms with Gasteiger partial charge in [0.2, 0.25) is 0 Å². The summed E-state index contributed by atoms with van der Waals surface area (Å²) < 4.78 is 19.3. The summed E-state index contributed by atoms with van der Waals surface area (Å²) in [6, 6.07) is 13.5. The summed E-state index contributed by atoms with van der Waals surface area (Å²) in [5, 5.41) is 7.89. The second kappa shape index (κ2) is 9.52. The Labute approximate surface area is 183 Å². The maximum atomic E-state index is 13.6. The number of halogens is 1. The quantitative estimate of drug-likeness (QED) is 0.415. The minimum Gasteiger partial charge on any atom is -0.381 e. The molecule has 0 radical (unpaired) electrons. The number of H-pyrrole nitrogens is 1. The van der Waals surface area contributed by atoms with Crippen LogP contribution in [0.5, 0.6) is 0 Å². The van der Waals surface area contributed by atoms with Gasteiger partial charge in [-0.1, -0.05) is 24.3 Å². The van der Waals surface area contributed by atoms with Crippen molar-refractivity contribution in [2.45, 2.75) is 31.6 Å². The van der Waals surface area contributed by atoms with Gasteiger partial charge < -0.3 is 20.4 Å². The molecule has 0 unspecified atom stereocenters. The molecule has 3 N–H and O–H groups in total. The lowest BCUT2D eigenvalue weighted by Crippen LogP contribution is -2.48. The van der Waals surface area contributed by atoms with Crippen LogP contribution in [0.2, 0.25) is 0 Å². The summed E-state index contributed by atoms with van der Waals surface area (Å²) >= 11 is 0. The Morgan fingerprint density at radius 3 is 2.74 bits per heavy atom. The van der Waals surface area contributed by atoms with Crippen LogP contribution in [0.1, 0.15) is 29.5 Å². The molecule has 1 fully saturated rings. The monoisotopic (exact) mass is 422 g/mol. The summed E-state index contributed by atoms with van der Waals surface area (Å²) in [5.41, 5.74) is 4.80. The number of guanidine groups is 1. The van der Waals surface area contributed by atoms with Crippen molar-refractivity contribution in [3.63, 3.8) is 0 Å². The van der Waals surface area contributed by atoms with Crippen LogP contribution in [0.4, 0.5) is 4.39 Å². The van der Waals surface area contributed by atoms with Crippen molar-refractivity contribution in [3.8, 4) is 0 Å². The van der Waals surface area contributed by atoms with Crippen molar-refractivity contribution in [3.05, 3.63) is 71.2 Å². The number of aromatic amines is 1. The molecule has 1 saturated heterocycles. The number of nitrogens with zero attached hydrogens (tertiary/aromatic N) is 1. The molecule has 0 atom stereocenters. The van der Waals surface area contributed by atoms with Crippen LogP contribution in [-0.4, -0.2) is 44.3 Å². The van der Waals surface area contributed by atoms with Crippen LogP contribution >= 0.6 is 0 Å². The summed E-state index contributed by atoms with van der Waals surface area (Å²) in [6.45, 7) is 5.25. The fraction of sp³-hybridized carbons (Fsp3) is 0.400. The molecule has 6 heteroatoms.